The number of anilines is 3. The van der Waals surface area contributed by atoms with Crippen molar-refractivity contribution in [2.45, 2.75) is 0 Å². The molecule has 0 aliphatic carbocycles. The summed E-state index contributed by atoms with van der Waals surface area (Å²) in [6.07, 6.45) is 0. The number of hydrogen-bond donors (Lipinski definition) is 0. The molecule has 0 atom stereocenters. The lowest BCUT2D eigenvalue weighted by atomic mass is 9.94. The zero-order valence-electron chi connectivity index (χ0n) is 17.7. The number of halogens is 2. The van der Waals surface area contributed by atoms with Crippen LogP contribution in [0.15, 0.2) is 115 Å². The molecule has 0 aliphatic rings. The molecule has 6 aromatic carbocycles. The summed E-state index contributed by atoms with van der Waals surface area (Å²) in [6.45, 7) is 0. The van der Waals surface area contributed by atoms with Crippen LogP contribution in [-0.4, -0.2) is 0 Å². The van der Waals surface area contributed by atoms with Crippen LogP contribution in [0.25, 0.3) is 32.3 Å². The molecule has 0 saturated carbocycles. The second-order valence-corrected chi connectivity index (χ2v) is 8.85. The smallest absolute Gasteiger partial charge is 0.0832 e. The molecule has 0 fully saturated rings. The van der Waals surface area contributed by atoms with Gasteiger partial charge in [-0.15, -0.1) is 0 Å². The van der Waals surface area contributed by atoms with E-state index in [1.807, 2.05) is 36.4 Å². The molecule has 0 aromatic heterocycles. The summed E-state index contributed by atoms with van der Waals surface area (Å²) in [5.74, 6) is 0. The van der Waals surface area contributed by atoms with Crippen molar-refractivity contribution in [1.29, 1.82) is 0 Å². The topological polar surface area (TPSA) is 3.24 Å². The Hall–Kier alpha value is -3.52. The molecule has 0 heterocycles. The van der Waals surface area contributed by atoms with Crippen molar-refractivity contribution in [3.05, 3.63) is 125 Å². The minimum Gasteiger partial charge on any atom is -0.309 e. The molecule has 0 saturated heterocycles. The van der Waals surface area contributed by atoms with Crippen molar-refractivity contribution in [3.8, 4) is 0 Å². The molecule has 0 unspecified atom stereocenters. The summed E-state index contributed by atoms with van der Waals surface area (Å²) in [5.41, 5.74) is 2.89. The molecule has 1 nitrogen and oxygen atoms in total. The van der Waals surface area contributed by atoms with E-state index >= 15 is 0 Å². The first-order valence-corrected chi connectivity index (χ1v) is 11.6. The summed E-state index contributed by atoms with van der Waals surface area (Å²) in [7, 11) is 0. The van der Waals surface area contributed by atoms with Crippen LogP contribution in [-0.2, 0) is 0 Å². The first kappa shape index (κ1) is 20.1. The molecule has 158 valence electrons. The number of hydrogen-bond acceptors (Lipinski definition) is 1. The number of benzene rings is 6. The quantitative estimate of drug-likeness (QED) is 0.236. The molecule has 6 aromatic rings. The minimum atomic E-state index is 0.534. The minimum absolute atomic E-state index is 0.534. The monoisotopic (exact) mass is 463 g/mol. The van der Waals surface area contributed by atoms with Gasteiger partial charge >= 0.3 is 0 Å². The van der Waals surface area contributed by atoms with Gasteiger partial charge in [-0.3, -0.25) is 0 Å². The molecule has 33 heavy (non-hydrogen) atoms. The standard InChI is InChI=1S/C30H19Cl2N/c31-28-15-8-16-29(30(28)32)33(20-9-2-1-3-10-20)21-17-18-26-24-13-5-4-11-22(24)23-12-6-7-14-25(23)27(26)19-21/h1-19H. The van der Waals surface area contributed by atoms with Crippen LogP contribution in [0.2, 0.25) is 10.0 Å². The SMILES string of the molecule is Clc1cccc(N(c2ccccc2)c2ccc3c4ccccc4c4ccccc4c3c2)c1Cl. The number of para-hydroxylation sites is 1. The molecule has 0 radical (unpaired) electrons. The summed E-state index contributed by atoms with van der Waals surface area (Å²) in [5, 5.41) is 8.52. The molecule has 0 bridgehead atoms. The Bertz CT molecular complexity index is 1610. The molecule has 0 aliphatic heterocycles. The van der Waals surface area contributed by atoms with E-state index in [-0.39, 0.29) is 0 Å². The van der Waals surface area contributed by atoms with Gasteiger partial charge in [0.25, 0.3) is 0 Å². The molecule has 0 spiro atoms. The zero-order chi connectivity index (χ0) is 22.4. The second kappa shape index (κ2) is 8.12. The largest absolute Gasteiger partial charge is 0.309 e. The van der Waals surface area contributed by atoms with E-state index in [4.69, 9.17) is 23.2 Å². The summed E-state index contributed by atoms with van der Waals surface area (Å²) >= 11 is 13.1. The molecule has 0 amide bonds. The van der Waals surface area contributed by atoms with Gasteiger partial charge < -0.3 is 4.90 Å². The lowest BCUT2D eigenvalue weighted by molar-refractivity contribution is 1.29. The van der Waals surface area contributed by atoms with E-state index in [9.17, 15) is 0 Å². The van der Waals surface area contributed by atoms with Gasteiger partial charge in [-0.2, -0.15) is 0 Å². The van der Waals surface area contributed by atoms with Crippen LogP contribution in [0.1, 0.15) is 0 Å². The van der Waals surface area contributed by atoms with Crippen LogP contribution < -0.4 is 4.90 Å². The van der Waals surface area contributed by atoms with Gasteiger partial charge in [0.05, 0.1) is 15.7 Å². The van der Waals surface area contributed by atoms with Gasteiger partial charge in [-0.25, -0.2) is 0 Å². The lowest BCUT2D eigenvalue weighted by Gasteiger charge is -2.27. The number of fused-ring (bicyclic) bond motifs is 6. The van der Waals surface area contributed by atoms with Crippen LogP contribution >= 0.6 is 23.2 Å². The average molecular weight is 464 g/mol. The highest BCUT2D eigenvalue weighted by Crippen LogP contribution is 2.43. The van der Waals surface area contributed by atoms with Gasteiger partial charge in [0, 0.05) is 11.4 Å². The van der Waals surface area contributed by atoms with Gasteiger partial charge in [0.2, 0.25) is 0 Å². The summed E-state index contributed by atoms with van der Waals surface area (Å²) < 4.78 is 0. The van der Waals surface area contributed by atoms with Crippen molar-refractivity contribution < 1.29 is 0 Å². The molecular formula is C30H19Cl2N. The number of rotatable bonds is 3. The Balaban J connectivity index is 1.69. The Morgan fingerprint density at radius 3 is 1.61 bits per heavy atom. The lowest BCUT2D eigenvalue weighted by Crippen LogP contribution is -2.10. The maximum atomic E-state index is 6.71. The van der Waals surface area contributed by atoms with Crippen LogP contribution in [0.3, 0.4) is 0 Å². The Morgan fingerprint density at radius 2 is 0.970 bits per heavy atom. The maximum absolute atomic E-state index is 6.71. The highest BCUT2D eigenvalue weighted by Gasteiger charge is 2.18. The van der Waals surface area contributed by atoms with Crippen LogP contribution in [0.5, 0.6) is 0 Å². The third-order valence-electron chi connectivity index (χ3n) is 6.17. The van der Waals surface area contributed by atoms with Gasteiger partial charge in [0.1, 0.15) is 0 Å². The average Bonchev–Trinajstić information content (AvgIpc) is 2.87. The van der Waals surface area contributed by atoms with Gasteiger partial charge in [-0.05, 0) is 68.7 Å². The fourth-order valence-corrected chi connectivity index (χ4v) is 5.08. The number of nitrogens with zero attached hydrogens (tertiary/aromatic N) is 1. The Labute approximate surface area is 202 Å². The molecular weight excluding hydrogens is 445 g/mol. The molecule has 0 N–H and O–H groups in total. The van der Waals surface area contributed by atoms with E-state index in [1.54, 1.807) is 0 Å². The molecule has 6 rings (SSSR count). The Kier molecular flexibility index (Phi) is 4.95. The zero-order valence-corrected chi connectivity index (χ0v) is 19.2. The first-order chi connectivity index (χ1) is 16.2. The van der Waals surface area contributed by atoms with E-state index < -0.39 is 0 Å². The van der Waals surface area contributed by atoms with Crippen LogP contribution in [0, 0.1) is 0 Å². The van der Waals surface area contributed by atoms with E-state index in [0.717, 1.165) is 17.1 Å². The highest BCUT2D eigenvalue weighted by molar-refractivity contribution is 6.44. The first-order valence-electron chi connectivity index (χ1n) is 10.8. The van der Waals surface area contributed by atoms with Crippen molar-refractivity contribution in [2.75, 3.05) is 4.90 Å². The van der Waals surface area contributed by atoms with Crippen molar-refractivity contribution >= 4 is 72.6 Å². The fourth-order valence-electron chi connectivity index (χ4n) is 4.70. The van der Waals surface area contributed by atoms with Crippen molar-refractivity contribution in [2.24, 2.45) is 0 Å². The fraction of sp³-hybridized carbons (Fsp3) is 0. The third kappa shape index (κ3) is 3.33. The van der Waals surface area contributed by atoms with Gasteiger partial charge in [0.15, 0.2) is 0 Å². The van der Waals surface area contributed by atoms with Crippen molar-refractivity contribution in [1.82, 2.24) is 0 Å². The predicted molar refractivity (Wildman–Crippen MR) is 144 cm³/mol. The summed E-state index contributed by atoms with van der Waals surface area (Å²) in [4.78, 5) is 2.16. The van der Waals surface area contributed by atoms with E-state index in [1.165, 1.54) is 32.3 Å². The van der Waals surface area contributed by atoms with Crippen LogP contribution in [0.4, 0.5) is 17.1 Å². The molecule has 3 heteroatoms. The summed E-state index contributed by atoms with van der Waals surface area (Å²) in [6, 6.07) is 39.9. The Morgan fingerprint density at radius 1 is 0.424 bits per heavy atom. The maximum Gasteiger partial charge on any atom is 0.0832 e. The normalized spacial score (nSPS) is 11.3. The van der Waals surface area contributed by atoms with Gasteiger partial charge in [-0.1, -0.05) is 102 Å². The predicted octanol–water partition coefficient (Wildman–Crippen LogP) is 9.92. The highest BCUT2D eigenvalue weighted by atomic mass is 35.5. The van der Waals surface area contributed by atoms with E-state index in [0.29, 0.717) is 10.0 Å². The second-order valence-electron chi connectivity index (χ2n) is 8.06. The third-order valence-corrected chi connectivity index (χ3v) is 6.98. The van der Waals surface area contributed by atoms with Crippen molar-refractivity contribution in [3.63, 3.8) is 0 Å². The van der Waals surface area contributed by atoms with E-state index in [2.05, 4.69) is 83.8 Å².